The minimum Gasteiger partial charge on any atom is -0.480 e. The van der Waals surface area contributed by atoms with Gasteiger partial charge in [-0.25, -0.2) is 8.78 Å². The van der Waals surface area contributed by atoms with E-state index in [1.165, 1.54) is 12.1 Å². The van der Waals surface area contributed by atoms with E-state index in [2.05, 4.69) is 5.32 Å². The second-order valence-electron chi connectivity index (χ2n) is 9.12. The van der Waals surface area contributed by atoms with Crippen LogP contribution in [0.3, 0.4) is 0 Å². The summed E-state index contributed by atoms with van der Waals surface area (Å²) in [6.07, 6.45) is 2.65. The third-order valence-corrected chi connectivity index (χ3v) is 6.61. The number of aryl methyl sites for hydroxylation is 1. The Morgan fingerprint density at radius 2 is 1.85 bits per heavy atom. The number of nitrogens with two attached hydrogens (primary N) is 1. The van der Waals surface area contributed by atoms with Crippen molar-refractivity contribution in [3.63, 3.8) is 0 Å². The highest BCUT2D eigenvalue weighted by Crippen LogP contribution is 2.38. The quantitative estimate of drug-likeness (QED) is 0.260. The van der Waals surface area contributed by atoms with E-state index in [1.807, 2.05) is 6.92 Å². The van der Waals surface area contributed by atoms with Crippen molar-refractivity contribution in [1.29, 1.82) is 0 Å². The molecule has 1 unspecified atom stereocenters. The van der Waals surface area contributed by atoms with E-state index in [9.17, 15) is 18.7 Å². The summed E-state index contributed by atoms with van der Waals surface area (Å²) in [4.78, 5) is 11.8. The highest BCUT2D eigenvalue weighted by molar-refractivity contribution is 6.40. The Hall–Kier alpha value is -2.33. The lowest BCUT2D eigenvalue weighted by atomic mass is 9.66. The van der Waals surface area contributed by atoms with Crippen LogP contribution in [0.25, 0.3) is 11.1 Å². The molecular weight excluding hydrogens is 429 g/mol. The molecule has 1 saturated carbocycles. The first kappa shape index (κ1) is 25.3. The molecule has 9 heteroatoms. The number of nitrogens with one attached hydrogen (secondary N) is 1. The minimum atomic E-state index is -1.39. The summed E-state index contributed by atoms with van der Waals surface area (Å²) in [5.74, 6) is -2.20. The first-order valence-corrected chi connectivity index (χ1v) is 11.3. The van der Waals surface area contributed by atoms with Gasteiger partial charge >= 0.3 is 13.1 Å². The van der Waals surface area contributed by atoms with Crippen molar-refractivity contribution in [1.82, 2.24) is 5.32 Å². The number of carboxylic acid groups (broad SMARTS) is 1. The van der Waals surface area contributed by atoms with Crippen molar-refractivity contribution in [3.05, 3.63) is 59.2 Å². The predicted octanol–water partition coefficient (Wildman–Crippen LogP) is 3.23. The molecule has 0 saturated heterocycles. The Labute approximate surface area is 193 Å². The fourth-order valence-electron chi connectivity index (χ4n) is 4.43. The molecule has 0 aliphatic heterocycles. The normalized spacial score (nSPS) is 19.6. The van der Waals surface area contributed by atoms with E-state index in [1.54, 1.807) is 24.3 Å². The van der Waals surface area contributed by atoms with Crippen molar-refractivity contribution < 1.29 is 28.7 Å². The number of halogens is 2. The maximum absolute atomic E-state index is 14.7. The number of rotatable bonds is 11. The summed E-state index contributed by atoms with van der Waals surface area (Å²) in [6, 6.07) is 9.38. The third-order valence-electron chi connectivity index (χ3n) is 6.61. The monoisotopic (exact) mass is 460 g/mol. The maximum atomic E-state index is 14.7. The Morgan fingerprint density at radius 3 is 2.48 bits per heavy atom. The topological polar surface area (TPSA) is 116 Å². The lowest BCUT2D eigenvalue weighted by molar-refractivity contribution is -0.148. The molecule has 33 heavy (non-hydrogen) atoms. The van der Waals surface area contributed by atoms with E-state index < -0.39 is 30.3 Å². The van der Waals surface area contributed by atoms with Crippen molar-refractivity contribution in [2.45, 2.75) is 63.5 Å². The molecule has 0 aromatic heterocycles. The molecule has 0 bridgehead atoms. The Bertz CT molecular complexity index is 985. The number of aliphatic carboxylic acids is 1. The van der Waals surface area contributed by atoms with Gasteiger partial charge in [-0.15, -0.1) is 0 Å². The fourth-order valence-corrected chi connectivity index (χ4v) is 4.43. The van der Waals surface area contributed by atoms with Gasteiger partial charge in [-0.05, 0) is 62.2 Å². The van der Waals surface area contributed by atoms with Crippen molar-refractivity contribution in [3.8, 4) is 11.1 Å². The van der Waals surface area contributed by atoms with Crippen LogP contribution in [0.15, 0.2) is 36.4 Å². The fraction of sp³-hybridized carbons (Fsp3) is 0.458. The number of carboxylic acids is 1. The second kappa shape index (κ2) is 10.7. The smallest absolute Gasteiger partial charge is 0.451 e. The van der Waals surface area contributed by atoms with Crippen LogP contribution in [0, 0.1) is 24.5 Å². The first-order valence-electron chi connectivity index (χ1n) is 11.3. The molecule has 178 valence electrons. The number of hydrogen-bond acceptors (Lipinski definition) is 5. The van der Waals surface area contributed by atoms with Gasteiger partial charge in [-0.1, -0.05) is 36.6 Å². The SMILES string of the molecule is Cc1ccc(F)c(-c2ccc(CNC3CC(C(N)(CCCCB(O)O)C(=O)O)C3)cc2F)c1. The standard InChI is InChI=1S/C24H31BF2N2O4/c1-15-4-7-21(26)20(10-15)19-6-5-16(11-22(19)27)14-29-18-12-17(13-18)24(28,23(30)31)8-2-3-9-25(32)33/h4-7,10-11,17-18,29,32-33H,2-3,8-9,12-14,28H2,1H3,(H,30,31). The zero-order chi connectivity index (χ0) is 24.2. The van der Waals surface area contributed by atoms with Gasteiger partial charge < -0.3 is 26.2 Å². The molecule has 3 rings (SSSR count). The van der Waals surface area contributed by atoms with Crippen LogP contribution in [0.1, 0.15) is 43.2 Å². The summed E-state index contributed by atoms with van der Waals surface area (Å²) in [7, 11) is -1.39. The summed E-state index contributed by atoms with van der Waals surface area (Å²) in [5.41, 5.74) is 6.88. The van der Waals surface area contributed by atoms with E-state index in [0.717, 1.165) is 5.56 Å². The molecule has 2 aromatic carbocycles. The molecule has 1 fully saturated rings. The summed E-state index contributed by atoms with van der Waals surface area (Å²) < 4.78 is 28.8. The van der Waals surface area contributed by atoms with Crippen molar-refractivity contribution in [2.75, 3.05) is 0 Å². The Morgan fingerprint density at radius 1 is 1.12 bits per heavy atom. The van der Waals surface area contributed by atoms with Gasteiger partial charge in [0.2, 0.25) is 0 Å². The van der Waals surface area contributed by atoms with Crippen LogP contribution < -0.4 is 11.1 Å². The average Bonchev–Trinajstić information content (AvgIpc) is 2.72. The zero-order valence-electron chi connectivity index (χ0n) is 18.7. The zero-order valence-corrected chi connectivity index (χ0v) is 18.7. The van der Waals surface area contributed by atoms with Gasteiger partial charge in [0.05, 0.1) is 0 Å². The van der Waals surface area contributed by atoms with Gasteiger partial charge in [0, 0.05) is 23.7 Å². The summed E-state index contributed by atoms with van der Waals surface area (Å²) in [6.45, 7) is 2.23. The highest BCUT2D eigenvalue weighted by atomic mass is 19.1. The molecule has 1 aliphatic rings. The molecule has 6 N–H and O–H groups in total. The maximum Gasteiger partial charge on any atom is 0.451 e. The molecule has 0 heterocycles. The largest absolute Gasteiger partial charge is 0.480 e. The van der Waals surface area contributed by atoms with Crippen molar-refractivity contribution in [2.24, 2.45) is 11.7 Å². The van der Waals surface area contributed by atoms with E-state index in [4.69, 9.17) is 15.8 Å². The number of benzene rings is 2. The van der Waals surface area contributed by atoms with Gasteiger partial charge in [-0.2, -0.15) is 0 Å². The van der Waals surface area contributed by atoms with Crippen LogP contribution in [0.2, 0.25) is 6.32 Å². The molecule has 0 spiro atoms. The van der Waals surface area contributed by atoms with Gasteiger partial charge in [-0.3, -0.25) is 4.79 Å². The van der Waals surface area contributed by atoms with Gasteiger partial charge in [0.1, 0.15) is 17.2 Å². The molecule has 0 amide bonds. The highest BCUT2D eigenvalue weighted by Gasteiger charge is 2.48. The Kier molecular flexibility index (Phi) is 8.23. The van der Waals surface area contributed by atoms with Crippen molar-refractivity contribution >= 4 is 13.1 Å². The van der Waals surface area contributed by atoms with Gasteiger partial charge in [0.15, 0.2) is 0 Å². The van der Waals surface area contributed by atoms with E-state index >= 15 is 0 Å². The summed E-state index contributed by atoms with van der Waals surface area (Å²) >= 11 is 0. The third kappa shape index (κ3) is 6.17. The molecule has 2 aromatic rings. The van der Waals surface area contributed by atoms with E-state index in [-0.39, 0.29) is 35.8 Å². The molecule has 6 nitrogen and oxygen atoms in total. The second-order valence-corrected chi connectivity index (χ2v) is 9.12. The first-order chi connectivity index (χ1) is 15.6. The Balaban J connectivity index is 1.53. The van der Waals surface area contributed by atoms with Crippen LogP contribution in [0.5, 0.6) is 0 Å². The van der Waals surface area contributed by atoms with Crippen LogP contribution >= 0.6 is 0 Å². The van der Waals surface area contributed by atoms with E-state index in [0.29, 0.717) is 37.8 Å². The van der Waals surface area contributed by atoms with Crippen LogP contribution in [-0.4, -0.2) is 39.8 Å². The predicted molar refractivity (Wildman–Crippen MR) is 123 cm³/mol. The number of carbonyl (C=O) groups is 1. The summed E-state index contributed by atoms with van der Waals surface area (Å²) in [5, 5.41) is 30.8. The average molecular weight is 460 g/mol. The van der Waals surface area contributed by atoms with Crippen LogP contribution in [0.4, 0.5) is 8.78 Å². The lowest BCUT2D eigenvalue weighted by Crippen LogP contribution is -2.61. The van der Waals surface area contributed by atoms with Gasteiger partial charge in [0.25, 0.3) is 0 Å². The molecule has 0 radical (unpaired) electrons. The minimum absolute atomic E-state index is 0.0773. The number of hydrogen-bond donors (Lipinski definition) is 5. The molecule has 1 aliphatic carbocycles. The molecule has 1 atom stereocenters. The van der Waals surface area contributed by atoms with Crippen LogP contribution in [-0.2, 0) is 11.3 Å². The lowest BCUT2D eigenvalue weighted by Gasteiger charge is -2.45. The number of unbranched alkanes of at least 4 members (excludes halogenated alkanes) is 1. The molecular formula is C24H31BF2N2O4.